The second-order valence-corrected chi connectivity index (χ2v) is 6.04. The van der Waals surface area contributed by atoms with Crippen LogP contribution in [0.25, 0.3) is 0 Å². The minimum atomic E-state index is 0.391. The van der Waals surface area contributed by atoms with Crippen molar-refractivity contribution in [2.75, 3.05) is 0 Å². The van der Waals surface area contributed by atoms with E-state index in [9.17, 15) is 0 Å². The number of fused-ring (bicyclic) bond motifs is 1. The zero-order valence-electron chi connectivity index (χ0n) is 12.3. The van der Waals surface area contributed by atoms with E-state index in [0.29, 0.717) is 18.0 Å². The highest BCUT2D eigenvalue weighted by atomic mass is 16.3. The molecule has 0 bridgehead atoms. The van der Waals surface area contributed by atoms with Gasteiger partial charge in [0.25, 0.3) is 0 Å². The lowest BCUT2D eigenvalue weighted by Gasteiger charge is -2.31. The smallest absolute Gasteiger partial charge is 0.108 e. The molecule has 2 nitrogen and oxygen atoms in total. The van der Waals surface area contributed by atoms with Gasteiger partial charge >= 0.3 is 0 Å². The molecule has 1 aromatic carbocycles. The second kappa shape index (κ2) is 5.84. The maximum absolute atomic E-state index is 5.59. The molecule has 2 atom stereocenters. The molecule has 0 radical (unpaired) electrons. The van der Waals surface area contributed by atoms with Crippen LogP contribution in [-0.2, 0) is 6.42 Å². The fraction of sp³-hybridized carbons (Fsp3) is 0.444. The van der Waals surface area contributed by atoms with Crippen LogP contribution in [0.3, 0.4) is 0 Å². The highest BCUT2D eigenvalue weighted by molar-refractivity contribution is 5.26. The minimum Gasteiger partial charge on any atom is -0.469 e. The van der Waals surface area contributed by atoms with Crippen molar-refractivity contribution >= 4 is 0 Å². The molecular formula is C18H23NO. The van der Waals surface area contributed by atoms with E-state index in [0.717, 1.165) is 6.42 Å². The van der Waals surface area contributed by atoms with E-state index in [1.54, 1.807) is 0 Å². The van der Waals surface area contributed by atoms with Gasteiger partial charge in [-0.25, -0.2) is 0 Å². The average Bonchev–Trinajstić information content (AvgIpc) is 2.94. The Bertz CT molecular complexity index is 544. The topological polar surface area (TPSA) is 25.2 Å². The molecule has 1 aromatic heterocycles. The van der Waals surface area contributed by atoms with Gasteiger partial charge in [-0.2, -0.15) is 0 Å². The second-order valence-electron chi connectivity index (χ2n) is 6.04. The average molecular weight is 269 g/mol. The number of nitrogens with one attached hydrogen (secondary N) is 1. The first-order valence-corrected chi connectivity index (χ1v) is 7.63. The molecule has 0 spiro atoms. The van der Waals surface area contributed by atoms with Gasteiger partial charge in [0.15, 0.2) is 0 Å². The summed E-state index contributed by atoms with van der Waals surface area (Å²) < 4.78 is 5.59. The van der Waals surface area contributed by atoms with E-state index >= 15 is 0 Å². The Morgan fingerprint density at radius 3 is 2.70 bits per heavy atom. The fourth-order valence-electron chi connectivity index (χ4n) is 3.21. The third-order valence-corrected chi connectivity index (χ3v) is 4.26. The third-order valence-electron chi connectivity index (χ3n) is 4.26. The normalized spacial score (nSPS) is 19.9. The van der Waals surface area contributed by atoms with Gasteiger partial charge in [0.05, 0.1) is 6.26 Å². The standard InChI is InChI=1S/C18H23NO/c1-13(2)18(14-7-4-3-5-8-14)19-16-9-6-10-17-15(16)11-12-20-17/h3-5,7-8,11-13,16,18-19H,6,9-10H2,1-2H3. The number of hydrogen-bond donors (Lipinski definition) is 1. The fourth-order valence-corrected chi connectivity index (χ4v) is 3.21. The molecule has 0 saturated heterocycles. The zero-order chi connectivity index (χ0) is 13.9. The van der Waals surface area contributed by atoms with E-state index in [-0.39, 0.29) is 0 Å². The number of benzene rings is 1. The number of rotatable bonds is 4. The lowest BCUT2D eigenvalue weighted by Crippen LogP contribution is -2.31. The Morgan fingerprint density at radius 2 is 1.95 bits per heavy atom. The van der Waals surface area contributed by atoms with Gasteiger partial charge in [-0.1, -0.05) is 44.2 Å². The van der Waals surface area contributed by atoms with Gasteiger partial charge < -0.3 is 9.73 Å². The molecule has 1 aliphatic carbocycles. The first kappa shape index (κ1) is 13.4. The van der Waals surface area contributed by atoms with E-state index in [4.69, 9.17) is 4.42 Å². The minimum absolute atomic E-state index is 0.391. The summed E-state index contributed by atoms with van der Waals surface area (Å²) in [4.78, 5) is 0. The SMILES string of the molecule is CC(C)C(NC1CCCc2occc21)c1ccccc1. The molecular weight excluding hydrogens is 246 g/mol. The molecule has 1 N–H and O–H groups in total. The van der Waals surface area contributed by atoms with Gasteiger partial charge in [0.1, 0.15) is 5.76 Å². The van der Waals surface area contributed by atoms with E-state index in [1.807, 2.05) is 6.26 Å². The highest BCUT2D eigenvalue weighted by Crippen LogP contribution is 2.34. The van der Waals surface area contributed by atoms with Crippen LogP contribution >= 0.6 is 0 Å². The summed E-state index contributed by atoms with van der Waals surface area (Å²) >= 11 is 0. The quantitative estimate of drug-likeness (QED) is 0.874. The molecule has 3 rings (SSSR count). The Kier molecular flexibility index (Phi) is 3.93. The van der Waals surface area contributed by atoms with Crippen LogP contribution in [0.4, 0.5) is 0 Å². The van der Waals surface area contributed by atoms with Crippen molar-refractivity contribution in [1.29, 1.82) is 0 Å². The maximum Gasteiger partial charge on any atom is 0.108 e. The summed E-state index contributed by atoms with van der Waals surface area (Å²) in [5, 5.41) is 3.85. The summed E-state index contributed by atoms with van der Waals surface area (Å²) in [6.07, 6.45) is 5.32. The van der Waals surface area contributed by atoms with Crippen LogP contribution in [-0.4, -0.2) is 0 Å². The Morgan fingerprint density at radius 1 is 1.15 bits per heavy atom. The molecule has 0 fully saturated rings. The number of aryl methyl sites for hydroxylation is 1. The van der Waals surface area contributed by atoms with Crippen molar-refractivity contribution in [3.8, 4) is 0 Å². The van der Waals surface area contributed by atoms with Crippen molar-refractivity contribution in [3.63, 3.8) is 0 Å². The molecule has 2 unspecified atom stereocenters. The molecule has 0 aliphatic heterocycles. The number of hydrogen-bond acceptors (Lipinski definition) is 2. The van der Waals surface area contributed by atoms with Crippen molar-refractivity contribution in [2.24, 2.45) is 5.92 Å². The third kappa shape index (κ3) is 2.66. The predicted molar refractivity (Wildman–Crippen MR) is 81.5 cm³/mol. The van der Waals surface area contributed by atoms with Crippen molar-refractivity contribution in [3.05, 3.63) is 59.5 Å². The molecule has 2 aromatic rings. The van der Waals surface area contributed by atoms with Crippen LogP contribution < -0.4 is 5.32 Å². The summed E-state index contributed by atoms with van der Waals surface area (Å²) in [5.74, 6) is 1.74. The van der Waals surface area contributed by atoms with Crippen LogP contribution in [0.15, 0.2) is 47.1 Å². The van der Waals surface area contributed by atoms with Crippen molar-refractivity contribution in [2.45, 2.75) is 45.2 Å². The van der Waals surface area contributed by atoms with Crippen LogP contribution in [0, 0.1) is 5.92 Å². The molecule has 1 aliphatic rings. The summed E-state index contributed by atoms with van der Waals surface area (Å²) in [7, 11) is 0. The van der Waals surface area contributed by atoms with Gasteiger partial charge in [-0.15, -0.1) is 0 Å². The molecule has 0 saturated carbocycles. The van der Waals surface area contributed by atoms with Crippen molar-refractivity contribution in [1.82, 2.24) is 5.32 Å². The maximum atomic E-state index is 5.59. The molecule has 0 amide bonds. The van der Waals surface area contributed by atoms with Gasteiger partial charge in [-0.3, -0.25) is 0 Å². The lowest BCUT2D eigenvalue weighted by atomic mass is 9.89. The molecule has 2 heteroatoms. The van der Waals surface area contributed by atoms with E-state index < -0.39 is 0 Å². The zero-order valence-corrected chi connectivity index (χ0v) is 12.3. The van der Waals surface area contributed by atoms with E-state index in [1.165, 1.54) is 29.7 Å². The van der Waals surface area contributed by atoms with Crippen LogP contribution in [0.1, 0.15) is 55.7 Å². The largest absolute Gasteiger partial charge is 0.469 e. The number of furan rings is 1. The summed E-state index contributed by atoms with van der Waals surface area (Å²) in [6, 6.07) is 13.7. The van der Waals surface area contributed by atoms with Gasteiger partial charge in [-0.05, 0) is 30.4 Å². The van der Waals surface area contributed by atoms with Crippen LogP contribution in [0.5, 0.6) is 0 Å². The molecule has 20 heavy (non-hydrogen) atoms. The van der Waals surface area contributed by atoms with Gasteiger partial charge in [0, 0.05) is 24.1 Å². The van der Waals surface area contributed by atoms with Crippen LogP contribution in [0.2, 0.25) is 0 Å². The summed E-state index contributed by atoms with van der Waals surface area (Å²) in [5.41, 5.74) is 2.73. The first-order chi connectivity index (χ1) is 9.75. The highest BCUT2D eigenvalue weighted by Gasteiger charge is 2.26. The Hall–Kier alpha value is -1.54. The van der Waals surface area contributed by atoms with E-state index in [2.05, 4.69) is 55.6 Å². The summed E-state index contributed by atoms with van der Waals surface area (Å²) in [6.45, 7) is 4.56. The molecule has 106 valence electrons. The van der Waals surface area contributed by atoms with Gasteiger partial charge in [0.2, 0.25) is 0 Å². The Labute approximate surface area is 121 Å². The van der Waals surface area contributed by atoms with Crippen molar-refractivity contribution < 1.29 is 4.42 Å². The monoisotopic (exact) mass is 269 g/mol. The molecule has 1 heterocycles. The first-order valence-electron chi connectivity index (χ1n) is 7.63. The predicted octanol–water partition coefficient (Wildman–Crippen LogP) is 4.64. The lowest BCUT2D eigenvalue weighted by molar-refractivity contribution is 0.328. The Balaban J connectivity index is 1.82.